The number of carbonyl (C=O) groups is 1. The summed E-state index contributed by atoms with van der Waals surface area (Å²) in [5.74, 6) is 1.29. The Balaban J connectivity index is 1.50. The van der Waals surface area contributed by atoms with E-state index in [9.17, 15) is 9.59 Å². The fraction of sp³-hybridized carbons (Fsp3) is 0.154. The second-order valence-corrected chi connectivity index (χ2v) is 7.95. The lowest BCUT2D eigenvalue weighted by Crippen LogP contribution is -2.30. The normalized spacial score (nSPS) is 12.2. The highest BCUT2D eigenvalue weighted by atomic mass is 16.5. The molecule has 8 nitrogen and oxygen atoms in total. The summed E-state index contributed by atoms with van der Waals surface area (Å²) >= 11 is 0. The fourth-order valence-electron chi connectivity index (χ4n) is 4.18. The van der Waals surface area contributed by atoms with Crippen LogP contribution in [0.2, 0.25) is 0 Å². The number of aromatic amines is 1. The maximum absolute atomic E-state index is 12.1. The Bertz CT molecular complexity index is 1510. The maximum Gasteiger partial charge on any atom is 0.412 e. The molecule has 0 radical (unpaired) electrons. The van der Waals surface area contributed by atoms with Crippen molar-refractivity contribution in [3.05, 3.63) is 87.8 Å². The molecular formula is C26H22N4O4. The van der Waals surface area contributed by atoms with Crippen LogP contribution in [0.4, 0.5) is 10.5 Å². The van der Waals surface area contributed by atoms with E-state index in [-0.39, 0.29) is 5.56 Å². The summed E-state index contributed by atoms with van der Waals surface area (Å²) in [5.41, 5.74) is 5.30. The largest absolute Gasteiger partial charge is 0.496 e. The van der Waals surface area contributed by atoms with E-state index in [0.717, 1.165) is 44.8 Å². The predicted octanol–water partition coefficient (Wildman–Crippen LogP) is 4.13. The summed E-state index contributed by atoms with van der Waals surface area (Å²) in [6.45, 7) is 0. The molecule has 1 amide bonds. The average molecular weight is 454 g/mol. The zero-order valence-electron chi connectivity index (χ0n) is 18.7. The van der Waals surface area contributed by atoms with E-state index in [4.69, 9.17) is 4.74 Å². The van der Waals surface area contributed by atoms with Crippen molar-refractivity contribution in [3.63, 3.8) is 0 Å². The summed E-state index contributed by atoms with van der Waals surface area (Å²) in [6, 6.07) is 19.4. The molecule has 0 saturated carbocycles. The summed E-state index contributed by atoms with van der Waals surface area (Å²) < 4.78 is 10.3. The van der Waals surface area contributed by atoms with Crippen molar-refractivity contribution in [1.82, 2.24) is 15.5 Å². The van der Waals surface area contributed by atoms with Gasteiger partial charge >= 0.3 is 6.09 Å². The number of amides is 1. The molecule has 3 aromatic carbocycles. The molecule has 0 unspecified atom stereocenters. The number of nitrogens with one attached hydrogen (secondary N) is 2. The number of nitrogens with zero attached hydrogens (tertiary/aromatic N) is 2. The number of alkyl carbamates (subject to hydrolysis) is 1. The van der Waals surface area contributed by atoms with Crippen molar-refractivity contribution in [1.29, 1.82) is 0 Å². The Morgan fingerprint density at radius 1 is 1.06 bits per heavy atom. The lowest BCUT2D eigenvalue weighted by Gasteiger charge is -2.12. The van der Waals surface area contributed by atoms with E-state index >= 15 is 0 Å². The second-order valence-electron chi connectivity index (χ2n) is 7.95. The number of aromatic nitrogens is 2. The standard InChI is InChI=1S/C26H22N4O4/c1-33-23-10-7-15(12-22-18-5-3-4-6-19(18)25(31)30-29-22)11-20(23)16-8-9-17-14-24(27-21(17)13-16)28-26(32)34-2/h3-11,13H,12,14H2,1-2H3,(H,30,31)(H,27,28,32). The quantitative estimate of drug-likeness (QED) is 0.482. The molecule has 0 atom stereocenters. The van der Waals surface area contributed by atoms with Gasteiger partial charge in [0.15, 0.2) is 0 Å². The molecule has 0 spiro atoms. The molecule has 1 aromatic heterocycles. The Labute approximate surface area is 195 Å². The van der Waals surface area contributed by atoms with Crippen LogP contribution in [0.3, 0.4) is 0 Å². The van der Waals surface area contributed by atoms with Crippen LogP contribution < -0.4 is 15.6 Å². The van der Waals surface area contributed by atoms with Gasteiger partial charge in [0.1, 0.15) is 11.6 Å². The number of rotatable bonds is 4. The van der Waals surface area contributed by atoms with Crippen LogP contribution in [0.25, 0.3) is 21.9 Å². The van der Waals surface area contributed by atoms with Gasteiger partial charge in [0.05, 0.1) is 31.0 Å². The molecule has 2 N–H and O–H groups in total. The molecule has 5 rings (SSSR count). The van der Waals surface area contributed by atoms with Gasteiger partial charge in [0.2, 0.25) is 0 Å². The first-order valence-corrected chi connectivity index (χ1v) is 10.7. The highest BCUT2D eigenvalue weighted by Crippen LogP contribution is 2.36. The van der Waals surface area contributed by atoms with Crippen molar-refractivity contribution < 1.29 is 14.3 Å². The highest BCUT2D eigenvalue weighted by molar-refractivity contribution is 6.01. The van der Waals surface area contributed by atoms with E-state index in [2.05, 4.69) is 31.3 Å². The van der Waals surface area contributed by atoms with Crippen LogP contribution in [0, 0.1) is 0 Å². The van der Waals surface area contributed by atoms with Crippen molar-refractivity contribution in [2.75, 3.05) is 14.2 Å². The second kappa shape index (κ2) is 8.82. The minimum absolute atomic E-state index is 0.200. The van der Waals surface area contributed by atoms with Crippen molar-refractivity contribution in [2.24, 2.45) is 4.99 Å². The van der Waals surface area contributed by atoms with Gasteiger partial charge in [-0.1, -0.05) is 36.4 Å². The molecule has 1 aliphatic heterocycles. The molecule has 4 aromatic rings. The minimum Gasteiger partial charge on any atom is -0.496 e. The van der Waals surface area contributed by atoms with Gasteiger partial charge in [-0.2, -0.15) is 5.10 Å². The predicted molar refractivity (Wildman–Crippen MR) is 130 cm³/mol. The molecule has 34 heavy (non-hydrogen) atoms. The first-order chi connectivity index (χ1) is 16.6. The van der Waals surface area contributed by atoms with Crippen LogP contribution in [-0.4, -0.2) is 36.3 Å². The van der Waals surface area contributed by atoms with Crippen LogP contribution in [0.5, 0.6) is 5.75 Å². The number of fused-ring (bicyclic) bond motifs is 2. The SMILES string of the molecule is COC(=O)NC1=Nc2cc(-c3cc(Cc4n[nH]c(=O)c5ccccc45)ccc3OC)ccc2C1. The molecule has 0 bridgehead atoms. The molecule has 1 aliphatic rings. The summed E-state index contributed by atoms with van der Waals surface area (Å²) in [7, 11) is 2.96. The maximum atomic E-state index is 12.1. The number of amidine groups is 1. The Morgan fingerprint density at radius 2 is 1.88 bits per heavy atom. The Morgan fingerprint density at radius 3 is 2.68 bits per heavy atom. The lowest BCUT2D eigenvalue weighted by molar-refractivity contribution is 0.176. The van der Waals surface area contributed by atoms with Crippen molar-refractivity contribution in [3.8, 4) is 16.9 Å². The molecule has 8 heteroatoms. The number of H-pyrrole nitrogens is 1. The fourth-order valence-corrected chi connectivity index (χ4v) is 4.18. The monoisotopic (exact) mass is 454 g/mol. The average Bonchev–Trinajstić information content (AvgIpc) is 3.27. The molecule has 0 fully saturated rings. The van der Waals surface area contributed by atoms with Gasteiger partial charge in [-0.25, -0.2) is 14.9 Å². The summed E-state index contributed by atoms with van der Waals surface area (Å²) in [5, 5.41) is 11.0. The number of hydrogen-bond donors (Lipinski definition) is 2. The number of ether oxygens (including phenoxy) is 2. The van der Waals surface area contributed by atoms with Crippen LogP contribution in [0.1, 0.15) is 16.8 Å². The smallest absolute Gasteiger partial charge is 0.412 e. The van der Waals surface area contributed by atoms with E-state index in [1.165, 1.54) is 7.11 Å². The lowest BCUT2D eigenvalue weighted by atomic mass is 9.97. The summed E-state index contributed by atoms with van der Waals surface area (Å²) in [4.78, 5) is 28.2. The third-order valence-electron chi connectivity index (χ3n) is 5.85. The first-order valence-electron chi connectivity index (χ1n) is 10.7. The van der Waals surface area contributed by atoms with Crippen molar-refractivity contribution >= 4 is 28.4 Å². The zero-order valence-corrected chi connectivity index (χ0v) is 18.7. The van der Waals surface area contributed by atoms with Crippen LogP contribution in [-0.2, 0) is 17.6 Å². The van der Waals surface area contributed by atoms with E-state index in [0.29, 0.717) is 24.1 Å². The Hall–Kier alpha value is -4.46. The molecular weight excluding hydrogens is 432 g/mol. The van der Waals surface area contributed by atoms with E-state index < -0.39 is 6.09 Å². The zero-order chi connectivity index (χ0) is 23.7. The van der Waals surface area contributed by atoms with Gasteiger partial charge in [0, 0.05) is 23.8 Å². The molecule has 170 valence electrons. The van der Waals surface area contributed by atoms with Gasteiger partial charge in [-0.15, -0.1) is 0 Å². The minimum atomic E-state index is -0.537. The first kappa shape index (κ1) is 21.4. The molecule has 0 saturated heterocycles. The third-order valence-corrected chi connectivity index (χ3v) is 5.85. The molecule has 2 heterocycles. The number of carbonyl (C=O) groups excluding carboxylic acids is 1. The number of benzene rings is 3. The van der Waals surface area contributed by atoms with Crippen LogP contribution in [0.15, 0.2) is 70.5 Å². The Kier molecular flexibility index (Phi) is 5.55. The topological polar surface area (TPSA) is 106 Å². The van der Waals surface area contributed by atoms with E-state index in [1.54, 1.807) is 13.2 Å². The number of hydrogen-bond acceptors (Lipinski definition) is 6. The van der Waals surface area contributed by atoms with Crippen molar-refractivity contribution in [2.45, 2.75) is 12.8 Å². The number of aliphatic imine (C=N–C) groups is 1. The van der Waals surface area contributed by atoms with Gasteiger partial charge in [-0.3, -0.25) is 10.1 Å². The van der Waals surface area contributed by atoms with Gasteiger partial charge < -0.3 is 9.47 Å². The van der Waals surface area contributed by atoms with E-state index in [1.807, 2.05) is 48.5 Å². The van der Waals surface area contributed by atoms with Crippen LogP contribution >= 0.6 is 0 Å². The highest BCUT2D eigenvalue weighted by Gasteiger charge is 2.19. The third kappa shape index (κ3) is 4.01. The van der Waals surface area contributed by atoms with Gasteiger partial charge in [-0.05, 0) is 41.0 Å². The summed E-state index contributed by atoms with van der Waals surface area (Å²) in [6.07, 6.45) is 0.543. The molecule has 0 aliphatic carbocycles. The number of methoxy groups -OCH3 is 2. The van der Waals surface area contributed by atoms with Gasteiger partial charge in [0.25, 0.3) is 5.56 Å².